The van der Waals surface area contributed by atoms with Crippen LogP contribution >= 0.6 is 0 Å². The van der Waals surface area contributed by atoms with Crippen LogP contribution in [0.3, 0.4) is 0 Å². The van der Waals surface area contributed by atoms with Crippen LogP contribution in [0.5, 0.6) is 0 Å². The van der Waals surface area contributed by atoms with E-state index in [4.69, 9.17) is 5.73 Å². The topological polar surface area (TPSA) is 89.5 Å². The molecule has 0 aromatic heterocycles. The molecule has 1 saturated carbocycles. The Morgan fingerprint density at radius 2 is 2.16 bits per heavy atom. The molecule has 0 spiro atoms. The van der Waals surface area contributed by atoms with Gasteiger partial charge in [0.1, 0.15) is 5.56 Å². The number of nitro benzene ring substituents is 1. The number of fused-ring (bicyclic) bond motifs is 4. The van der Waals surface area contributed by atoms with Crippen molar-refractivity contribution in [3.8, 4) is 0 Å². The number of piperidine rings is 1. The predicted molar refractivity (Wildman–Crippen MR) is 94.5 cm³/mol. The van der Waals surface area contributed by atoms with Gasteiger partial charge in [0, 0.05) is 23.6 Å². The third-order valence-electron chi connectivity index (χ3n) is 6.87. The third kappa shape index (κ3) is 2.46. The quantitative estimate of drug-likeness (QED) is 0.672. The summed E-state index contributed by atoms with van der Waals surface area (Å²) >= 11 is 0. The average Bonchev–Trinajstić information content (AvgIpc) is 3.36. The highest BCUT2D eigenvalue weighted by Crippen LogP contribution is 2.52. The molecule has 2 fully saturated rings. The van der Waals surface area contributed by atoms with Gasteiger partial charge in [-0.05, 0) is 55.7 Å². The fourth-order valence-corrected chi connectivity index (χ4v) is 5.08. The predicted octanol–water partition coefficient (Wildman–Crippen LogP) is 2.63. The van der Waals surface area contributed by atoms with Crippen molar-refractivity contribution in [2.75, 3.05) is 13.1 Å². The van der Waals surface area contributed by atoms with Crippen molar-refractivity contribution in [2.24, 2.45) is 17.6 Å². The molecule has 134 valence electrons. The first kappa shape index (κ1) is 16.5. The number of nitrogens with zero attached hydrogens (tertiary/aromatic N) is 2. The lowest BCUT2D eigenvalue weighted by Gasteiger charge is -2.54. The highest BCUT2D eigenvalue weighted by atomic mass is 16.6. The van der Waals surface area contributed by atoms with Gasteiger partial charge in [-0.15, -0.1) is 0 Å². The molecular formula is C19H25N3O3. The van der Waals surface area contributed by atoms with E-state index >= 15 is 0 Å². The molecular weight excluding hydrogens is 318 g/mol. The second-order valence-corrected chi connectivity index (χ2v) is 8.28. The molecule has 0 unspecified atom stereocenters. The maximum Gasteiger partial charge on any atom is 0.286 e. The molecule has 1 saturated heterocycles. The highest BCUT2D eigenvalue weighted by Gasteiger charge is 2.52. The molecule has 2 aliphatic carbocycles. The molecule has 2 N–H and O–H groups in total. The van der Waals surface area contributed by atoms with Crippen molar-refractivity contribution in [2.45, 2.75) is 51.0 Å². The summed E-state index contributed by atoms with van der Waals surface area (Å²) in [6, 6.07) is 3.85. The Morgan fingerprint density at radius 3 is 2.76 bits per heavy atom. The number of primary amides is 1. The van der Waals surface area contributed by atoms with E-state index in [-0.39, 0.29) is 16.7 Å². The van der Waals surface area contributed by atoms with Crippen molar-refractivity contribution in [1.82, 2.24) is 4.90 Å². The number of hydrogen-bond donors (Lipinski definition) is 1. The van der Waals surface area contributed by atoms with Crippen molar-refractivity contribution in [3.05, 3.63) is 38.9 Å². The Labute approximate surface area is 147 Å². The van der Waals surface area contributed by atoms with Crippen molar-refractivity contribution in [1.29, 1.82) is 0 Å². The Kier molecular flexibility index (Phi) is 3.65. The molecule has 4 rings (SSSR count). The van der Waals surface area contributed by atoms with E-state index in [9.17, 15) is 14.9 Å². The van der Waals surface area contributed by atoms with Crippen molar-refractivity contribution < 1.29 is 9.72 Å². The molecule has 1 heterocycles. The minimum atomic E-state index is -0.723. The molecule has 1 aromatic rings. The fraction of sp³-hybridized carbons (Fsp3) is 0.632. The second kappa shape index (κ2) is 5.53. The second-order valence-electron chi connectivity index (χ2n) is 8.28. The molecule has 1 amide bonds. The zero-order valence-electron chi connectivity index (χ0n) is 14.8. The Morgan fingerprint density at radius 1 is 1.44 bits per heavy atom. The van der Waals surface area contributed by atoms with Crippen LogP contribution in [0.4, 0.5) is 5.69 Å². The Hall–Kier alpha value is -1.95. The summed E-state index contributed by atoms with van der Waals surface area (Å²) in [6.07, 6.45) is 4.37. The summed E-state index contributed by atoms with van der Waals surface area (Å²) in [4.78, 5) is 25.8. The lowest BCUT2D eigenvalue weighted by molar-refractivity contribution is -0.386. The van der Waals surface area contributed by atoms with E-state index in [1.807, 2.05) is 6.07 Å². The number of rotatable bonds is 4. The number of carbonyl (C=O) groups excluding carboxylic acids is 1. The molecule has 3 atom stereocenters. The van der Waals surface area contributed by atoms with Crippen molar-refractivity contribution >= 4 is 11.6 Å². The van der Waals surface area contributed by atoms with E-state index in [2.05, 4.69) is 18.7 Å². The number of likely N-dealkylation sites (tertiary alicyclic amines) is 1. The van der Waals surface area contributed by atoms with Gasteiger partial charge in [0.05, 0.1) is 4.92 Å². The SMILES string of the molecule is C[C@@H]1[C@H]2Cc3ccc(C(N)=O)c([N+](=O)[O-])c3[C@]1(C)CCN2CC1CC1. The molecule has 1 aromatic carbocycles. The molecule has 25 heavy (non-hydrogen) atoms. The third-order valence-corrected chi connectivity index (χ3v) is 6.87. The first-order valence-corrected chi connectivity index (χ1v) is 9.17. The summed E-state index contributed by atoms with van der Waals surface area (Å²) in [7, 11) is 0. The molecule has 0 radical (unpaired) electrons. The largest absolute Gasteiger partial charge is 0.365 e. The van der Waals surface area contributed by atoms with E-state index in [1.54, 1.807) is 6.07 Å². The van der Waals surface area contributed by atoms with Crippen LogP contribution in [0.2, 0.25) is 0 Å². The van der Waals surface area contributed by atoms with Gasteiger partial charge in [-0.3, -0.25) is 19.8 Å². The van der Waals surface area contributed by atoms with Gasteiger partial charge in [0.2, 0.25) is 0 Å². The van der Waals surface area contributed by atoms with Crippen LogP contribution in [0.15, 0.2) is 12.1 Å². The monoisotopic (exact) mass is 343 g/mol. The Balaban J connectivity index is 1.83. The lowest BCUT2D eigenvalue weighted by Crippen LogP contribution is -2.58. The summed E-state index contributed by atoms with van der Waals surface area (Å²) in [6.45, 7) is 6.48. The number of nitro groups is 1. The van der Waals surface area contributed by atoms with Gasteiger partial charge in [-0.1, -0.05) is 19.9 Å². The smallest absolute Gasteiger partial charge is 0.286 e. The van der Waals surface area contributed by atoms with E-state index < -0.39 is 10.8 Å². The number of benzene rings is 1. The van der Waals surface area contributed by atoms with Crippen LogP contribution in [0, 0.1) is 22.0 Å². The van der Waals surface area contributed by atoms with Crippen molar-refractivity contribution in [3.63, 3.8) is 0 Å². The highest BCUT2D eigenvalue weighted by molar-refractivity contribution is 5.98. The van der Waals surface area contributed by atoms with Gasteiger partial charge in [-0.25, -0.2) is 0 Å². The van der Waals surface area contributed by atoms with Gasteiger partial charge < -0.3 is 5.73 Å². The zero-order valence-corrected chi connectivity index (χ0v) is 14.8. The molecule has 1 aliphatic heterocycles. The van der Waals surface area contributed by atoms with Gasteiger partial charge in [-0.2, -0.15) is 0 Å². The lowest BCUT2D eigenvalue weighted by atomic mass is 9.58. The maximum absolute atomic E-state index is 11.8. The molecule has 6 heteroatoms. The summed E-state index contributed by atoms with van der Waals surface area (Å²) in [5, 5.41) is 11.8. The number of nitrogens with two attached hydrogens (primary N) is 1. The van der Waals surface area contributed by atoms with E-state index in [0.29, 0.717) is 12.0 Å². The van der Waals surface area contributed by atoms with Gasteiger partial charge in [0.25, 0.3) is 11.6 Å². The molecule has 2 bridgehead atoms. The summed E-state index contributed by atoms with van der Waals surface area (Å²) in [5.41, 5.74) is 6.88. The fourth-order valence-electron chi connectivity index (χ4n) is 5.08. The van der Waals surface area contributed by atoms with Crippen LogP contribution in [-0.4, -0.2) is 34.9 Å². The first-order chi connectivity index (χ1) is 11.8. The average molecular weight is 343 g/mol. The number of hydrogen-bond acceptors (Lipinski definition) is 4. The number of carbonyl (C=O) groups is 1. The standard InChI is InChI=1S/C19H25N3O3/c1-11-15-9-13-5-6-14(18(20)23)17(22(24)25)16(13)19(11,2)7-8-21(15)10-12-3-4-12/h5-6,11-12,15H,3-4,7-10H2,1-2H3,(H2,20,23)/t11-,15-,19-/m1/s1. The normalized spacial score (nSPS) is 31.4. The van der Waals surface area contributed by atoms with Gasteiger partial charge in [0.15, 0.2) is 0 Å². The van der Waals surface area contributed by atoms with E-state index in [0.717, 1.165) is 43.0 Å². The molecule has 6 nitrogen and oxygen atoms in total. The summed E-state index contributed by atoms with van der Waals surface area (Å²) in [5.74, 6) is 0.429. The van der Waals surface area contributed by atoms with Crippen LogP contribution in [0.25, 0.3) is 0 Å². The minimum absolute atomic E-state index is 0.0380. The van der Waals surface area contributed by atoms with Crippen LogP contribution in [0.1, 0.15) is 54.6 Å². The maximum atomic E-state index is 11.8. The number of amides is 1. The van der Waals surface area contributed by atoms with Gasteiger partial charge >= 0.3 is 0 Å². The van der Waals surface area contributed by atoms with Crippen LogP contribution in [-0.2, 0) is 11.8 Å². The summed E-state index contributed by atoms with van der Waals surface area (Å²) < 4.78 is 0. The van der Waals surface area contributed by atoms with Crippen LogP contribution < -0.4 is 5.73 Å². The first-order valence-electron chi connectivity index (χ1n) is 9.17. The van der Waals surface area contributed by atoms with E-state index in [1.165, 1.54) is 12.8 Å². The minimum Gasteiger partial charge on any atom is -0.365 e. The zero-order chi connectivity index (χ0) is 17.9. The molecule has 3 aliphatic rings. The Bertz CT molecular complexity index is 759.